The van der Waals surface area contributed by atoms with Crippen molar-refractivity contribution in [2.45, 2.75) is 31.7 Å². The van der Waals surface area contributed by atoms with Gasteiger partial charge in [0.2, 0.25) is 0 Å². The maximum atomic E-state index is 13.3. The van der Waals surface area contributed by atoms with Crippen LogP contribution in [0.4, 0.5) is 0 Å². The number of aromatic nitrogens is 2. The molecule has 4 rings (SSSR count). The molecule has 0 saturated carbocycles. The topological polar surface area (TPSA) is 47.4 Å². The number of hydrogen-bond donors (Lipinski definition) is 0. The lowest BCUT2D eigenvalue weighted by molar-refractivity contribution is 0.0674. The molecule has 0 unspecified atom stereocenters. The Hall–Kier alpha value is -3.08. The molecule has 1 fully saturated rings. The number of likely N-dealkylation sites (tertiary alicyclic amines) is 1. The van der Waals surface area contributed by atoms with E-state index in [2.05, 4.69) is 15.6 Å². The first-order chi connectivity index (χ1) is 13.7. The number of pyridine rings is 1. The lowest BCUT2D eigenvalue weighted by atomic mass is 10.1. The third-order valence-corrected chi connectivity index (χ3v) is 5.31. The fraction of sp³-hybridized carbons (Fsp3) is 0.304. The molecule has 0 bridgehead atoms. The van der Waals surface area contributed by atoms with Crippen molar-refractivity contribution in [3.8, 4) is 11.5 Å². The van der Waals surface area contributed by atoms with E-state index in [1.165, 1.54) is 12.1 Å². The molecule has 3 heterocycles. The summed E-state index contributed by atoms with van der Waals surface area (Å²) in [6, 6.07) is 15.4. The summed E-state index contributed by atoms with van der Waals surface area (Å²) in [5.41, 5.74) is 1.89. The molecule has 1 atom stereocenters. The van der Waals surface area contributed by atoms with Gasteiger partial charge in [-0.1, -0.05) is 12.8 Å². The molecular weight excluding hydrogens is 350 g/mol. The molecule has 1 aliphatic rings. The van der Waals surface area contributed by atoms with Crippen molar-refractivity contribution in [3.05, 3.63) is 78.4 Å². The average Bonchev–Trinajstić information content (AvgIpc) is 3.00. The number of ether oxygens (including phenoxy) is 1. The Labute approximate surface area is 165 Å². The van der Waals surface area contributed by atoms with Crippen molar-refractivity contribution >= 4 is 5.91 Å². The summed E-state index contributed by atoms with van der Waals surface area (Å²) in [6.45, 7) is 0.794. The Morgan fingerprint density at radius 2 is 1.89 bits per heavy atom. The number of carbonyl (C=O) groups excluding carboxylic acids is 1. The van der Waals surface area contributed by atoms with Gasteiger partial charge in [0.1, 0.15) is 11.5 Å². The van der Waals surface area contributed by atoms with Crippen LogP contribution in [0.15, 0.2) is 67.1 Å². The molecule has 0 N–H and O–H groups in total. The van der Waals surface area contributed by atoms with Gasteiger partial charge in [-0.3, -0.25) is 9.78 Å². The van der Waals surface area contributed by atoms with Gasteiger partial charge in [0.15, 0.2) is 0 Å². The highest BCUT2D eigenvalue weighted by molar-refractivity contribution is 5.94. The molecule has 1 aromatic carbocycles. The van der Waals surface area contributed by atoms with Gasteiger partial charge < -0.3 is 14.2 Å². The SMILES string of the molecule is Cn1cccc1[C@@H]1CCCCCN1C(=O)c1ccc(Oc2cccnc2)cc1. The van der Waals surface area contributed by atoms with E-state index in [4.69, 9.17) is 4.74 Å². The van der Waals surface area contributed by atoms with E-state index in [1.54, 1.807) is 12.4 Å². The van der Waals surface area contributed by atoms with Crippen molar-refractivity contribution in [2.24, 2.45) is 7.05 Å². The van der Waals surface area contributed by atoms with Crippen LogP contribution in [0, 0.1) is 0 Å². The van der Waals surface area contributed by atoms with Gasteiger partial charge >= 0.3 is 0 Å². The highest BCUT2D eigenvalue weighted by atomic mass is 16.5. The average molecular weight is 375 g/mol. The maximum Gasteiger partial charge on any atom is 0.254 e. The monoisotopic (exact) mass is 375 g/mol. The van der Waals surface area contributed by atoms with Crippen LogP contribution < -0.4 is 4.74 Å². The van der Waals surface area contributed by atoms with Gasteiger partial charge in [0.05, 0.1) is 12.2 Å². The number of nitrogens with zero attached hydrogens (tertiary/aromatic N) is 3. The van der Waals surface area contributed by atoms with E-state index >= 15 is 0 Å². The molecule has 0 radical (unpaired) electrons. The van der Waals surface area contributed by atoms with Crippen molar-refractivity contribution < 1.29 is 9.53 Å². The largest absolute Gasteiger partial charge is 0.456 e. The van der Waals surface area contributed by atoms with Gasteiger partial charge in [0.25, 0.3) is 5.91 Å². The predicted octanol–water partition coefficient (Wildman–Crippen LogP) is 4.97. The molecule has 5 nitrogen and oxygen atoms in total. The summed E-state index contributed by atoms with van der Waals surface area (Å²) in [5.74, 6) is 1.46. The second-order valence-electron chi connectivity index (χ2n) is 7.22. The molecule has 3 aromatic rings. The number of hydrogen-bond acceptors (Lipinski definition) is 3. The van der Waals surface area contributed by atoms with E-state index in [0.29, 0.717) is 17.1 Å². The molecule has 144 valence electrons. The summed E-state index contributed by atoms with van der Waals surface area (Å²) < 4.78 is 7.91. The van der Waals surface area contributed by atoms with Crippen LogP contribution in [0.5, 0.6) is 11.5 Å². The molecule has 0 aliphatic carbocycles. The van der Waals surface area contributed by atoms with Crippen LogP contribution in [-0.2, 0) is 7.05 Å². The zero-order chi connectivity index (χ0) is 19.3. The normalized spacial score (nSPS) is 17.2. The van der Waals surface area contributed by atoms with Crippen LogP contribution in [0.1, 0.15) is 47.8 Å². The Morgan fingerprint density at radius 1 is 1.04 bits per heavy atom. The van der Waals surface area contributed by atoms with Crippen molar-refractivity contribution in [2.75, 3.05) is 6.54 Å². The van der Waals surface area contributed by atoms with Gasteiger partial charge in [-0.25, -0.2) is 0 Å². The van der Waals surface area contributed by atoms with Gasteiger partial charge in [-0.2, -0.15) is 0 Å². The maximum absolute atomic E-state index is 13.3. The quantitative estimate of drug-likeness (QED) is 0.647. The Bertz CT molecular complexity index is 919. The van der Waals surface area contributed by atoms with Crippen LogP contribution in [0.2, 0.25) is 0 Å². The highest BCUT2D eigenvalue weighted by Gasteiger charge is 2.28. The zero-order valence-corrected chi connectivity index (χ0v) is 16.1. The molecule has 1 saturated heterocycles. The van der Waals surface area contributed by atoms with Gasteiger partial charge in [-0.05, 0) is 61.4 Å². The van der Waals surface area contributed by atoms with Crippen LogP contribution in [-0.4, -0.2) is 26.9 Å². The molecule has 28 heavy (non-hydrogen) atoms. The van der Waals surface area contributed by atoms with Gasteiger partial charge in [-0.15, -0.1) is 0 Å². The second-order valence-corrected chi connectivity index (χ2v) is 7.22. The van der Waals surface area contributed by atoms with E-state index in [9.17, 15) is 4.79 Å². The number of rotatable bonds is 4. The minimum Gasteiger partial charge on any atom is -0.456 e. The van der Waals surface area contributed by atoms with E-state index in [1.807, 2.05) is 60.6 Å². The molecular formula is C23H25N3O2. The molecule has 1 amide bonds. The zero-order valence-electron chi connectivity index (χ0n) is 16.1. The van der Waals surface area contributed by atoms with Crippen molar-refractivity contribution in [3.63, 3.8) is 0 Å². The first-order valence-corrected chi connectivity index (χ1v) is 9.82. The Kier molecular flexibility index (Phi) is 5.42. The number of carbonyl (C=O) groups is 1. The third-order valence-electron chi connectivity index (χ3n) is 5.31. The summed E-state index contributed by atoms with van der Waals surface area (Å²) in [6.07, 6.45) is 9.80. The fourth-order valence-electron chi connectivity index (χ4n) is 3.85. The first kappa shape index (κ1) is 18.3. The number of amides is 1. The van der Waals surface area contributed by atoms with Crippen LogP contribution >= 0.6 is 0 Å². The van der Waals surface area contributed by atoms with E-state index in [-0.39, 0.29) is 11.9 Å². The summed E-state index contributed by atoms with van der Waals surface area (Å²) in [7, 11) is 2.05. The van der Waals surface area contributed by atoms with Crippen LogP contribution in [0.25, 0.3) is 0 Å². The lowest BCUT2D eigenvalue weighted by Crippen LogP contribution is -2.35. The van der Waals surface area contributed by atoms with E-state index < -0.39 is 0 Å². The summed E-state index contributed by atoms with van der Waals surface area (Å²) >= 11 is 0. The fourth-order valence-corrected chi connectivity index (χ4v) is 3.85. The first-order valence-electron chi connectivity index (χ1n) is 9.82. The minimum absolute atomic E-state index is 0.0843. The lowest BCUT2D eigenvalue weighted by Gasteiger charge is -2.30. The highest BCUT2D eigenvalue weighted by Crippen LogP contribution is 2.32. The van der Waals surface area contributed by atoms with Gasteiger partial charge in [0, 0.05) is 37.2 Å². The predicted molar refractivity (Wildman–Crippen MR) is 108 cm³/mol. The molecule has 0 spiro atoms. The summed E-state index contributed by atoms with van der Waals surface area (Å²) in [4.78, 5) is 19.4. The summed E-state index contributed by atoms with van der Waals surface area (Å²) in [5, 5.41) is 0. The second kappa shape index (κ2) is 8.30. The van der Waals surface area contributed by atoms with E-state index in [0.717, 1.165) is 25.8 Å². The van der Waals surface area contributed by atoms with Crippen molar-refractivity contribution in [1.29, 1.82) is 0 Å². The Balaban J connectivity index is 1.54. The smallest absolute Gasteiger partial charge is 0.254 e. The molecule has 5 heteroatoms. The minimum atomic E-state index is 0.0843. The standard InChI is InChI=1S/C23H25N3O2/c1-25-15-6-9-21(25)22-8-3-2-4-16-26(22)23(27)18-10-12-19(13-11-18)28-20-7-5-14-24-17-20/h5-7,9-15,17,22H,2-4,8,16H2,1H3/t22-/m0/s1. The van der Waals surface area contributed by atoms with Crippen molar-refractivity contribution in [1.82, 2.24) is 14.5 Å². The number of aryl methyl sites for hydroxylation is 1. The number of benzene rings is 1. The molecule has 1 aliphatic heterocycles. The van der Waals surface area contributed by atoms with Crippen LogP contribution in [0.3, 0.4) is 0 Å². The third kappa shape index (κ3) is 3.93. The molecule has 2 aromatic heterocycles. The Morgan fingerprint density at radius 3 is 2.61 bits per heavy atom.